The molecule has 0 saturated carbocycles. The van der Waals surface area contributed by atoms with Gasteiger partial charge in [-0.25, -0.2) is 0 Å². The molecule has 1 aromatic rings. The maximum atomic E-state index is 11.9. The highest BCUT2D eigenvalue weighted by atomic mass is 16.5. The van der Waals surface area contributed by atoms with Crippen LogP contribution in [0.15, 0.2) is 18.2 Å². The van der Waals surface area contributed by atoms with Gasteiger partial charge in [-0.1, -0.05) is 19.8 Å². The van der Waals surface area contributed by atoms with Crippen LogP contribution < -0.4 is 10.1 Å². The largest absolute Gasteiger partial charge is 0.504 e. The van der Waals surface area contributed by atoms with E-state index < -0.39 is 0 Å². The number of phenolic OH excluding ortho intramolecular Hbond substituents is 1. The fourth-order valence-corrected chi connectivity index (χ4v) is 1.72. The molecule has 4 heteroatoms. The summed E-state index contributed by atoms with van der Waals surface area (Å²) in [5.41, 5.74) is 0.441. The number of carbonyl (C=O) groups excluding carboxylic acids is 1. The predicted molar refractivity (Wildman–Crippen MR) is 71.1 cm³/mol. The summed E-state index contributed by atoms with van der Waals surface area (Å²) in [6, 6.07) is 4.78. The van der Waals surface area contributed by atoms with Crippen LogP contribution in [0.5, 0.6) is 11.5 Å². The lowest BCUT2D eigenvalue weighted by Gasteiger charge is -2.13. The molecular formula is C14H21NO3. The van der Waals surface area contributed by atoms with Crippen molar-refractivity contribution >= 4 is 5.91 Å². The Bertz CT molecular complexity index is 404. The van der Waals surface area contributed by atoms with Crippen molar-refractivity contribution in [3.63, 3.8) is 0 Å². The van der Waals surface area contributed by atoms with Gasteiger partial charge >= 0.3 is 0 Å². The van der Waals surface area contributed by atoms with Crippen LogP contribution in [-0.2, 0) is 0 Å². The molecule has 18 heavy (non-hydrogen) atoms. The Balaban J connectivity index is 2.64. The van der Waals surface area contributed by atoms with Gasteiger partial charge in [0.05, 0.1) is 7.11 Å². The summed E-state index contributed by atoms with van der Waals surface area (Å²) in [5.74, 6) is 0.175. The Morgan fingerprint density at radius 3 is 2.78 bits per heavy atom. The third kappa shape index (κ3) is 3.95. The minimum Gasteiger partial charge on any atom is -0.504 e. The first-order chi connectivity index (χ1) is 8.58. The van der Waals surface area contributed by atoms with Gasteiger partial charge in [-0.15, -0.1) is 0 Å². The van der Waals surface area contributed by atoms with E-state index in [9.17, 15) is 9.90 Å². The Labute approximate surface area is 108 Å². The number of carbonyl (C=O) groups is 1. The van der Waals surface area contributed by atoms with Gasteiger partial charge in [0.2, 0.25) is 0 Å². The van der Waals surface area contributed by atoms with Crippen LogP contribution in [0.25, 0.3) is 0 Å². The molecule has 0 fully saturated rings. The number of hydrogen-bond donors (Lipinski definition) is 2. The molecule has 0 aliphatic carbocycles. The minimum absolute atomic E-state index is 0.0219. The minimum atomic E-state index is -0.170. The molecule has 1 atom stereocenters. The lowest BCUT2D eigenvalue weighted by Crippen LogP contribution is -2.32. The van der Waals surface area contributed by atoms with Crippen molar-refractivity contribution in [3.05, 3.63) is 23.8 Å². The third-order valence-electron chi connectivity index (χ3n) is 2.81. The zero-order chi connectivity index (χ0) is 13.5. The monoisotopic (exact) mass is 251 g/mol. The molecule has 0 bridgehead atoms. The molecule has 0 saturated heterocycles. The zero-order valence-electron chi connectivity index (χ0n) is 11.2. The first kappa shape index (κ1) is 14.4. The van der Waals surface area contributed by atoms with Crippen LogP contribution in [0.4, 0.5) is 0 Å². The maximum absolute atomic E-state index is 11.9. The van der Waals surface area contributed by atoms with E-state index in [4.69, 9.17) is 4.74 Å². The van der Waals surface area contributed by atoms with Gasteiger partial charge in [-0.3, -0.25) is 4.79 Å². The van der Waals surface area contributed by atoms with Crippen molar-refractivity contribution < 1.29 is 14.6 Å². The second-order valence-corrected chi connectivity index (χ2v) is 4.40. The Hall–Kier alpha value is -1.71. The van der Waals surface area contributed by atoms with Crippen molar-refractivity contribution in [2.24, 2.45) is 0 Å². The zero-order valence-corrected chi connectivity index (χ0v) is 11.2. The Morgan fingerprint density at radius 1 is 1.50 bits per heavy atom. The number of nitrogens with one attached hydrogen (secondary N) is 1. The molecule has 0 aliphatic rings. The van der Waals surface area contributed by atoms with Gasteiger partial charge in [-0.05, 0) is 31.5 Å². The quantitative estimate of drug-likeness (QED) is 0.817. The van der Waals surface area contributed by atoms with Crippen LogP contribution >= 0.6 is 0 Å². The summed E-state index contributed by atoms with van der Waals surface area (Å²) >= 11 is 0. The molecule has 4 nitrogen and oxygen atoms in total. The van der Waals surface area contributed by atoms with E-state index in [1.54, 1.807) is 12.1 Å². The smallest absolute Gasteiger partial charge is 0.251 e. The van der Waals surface area contributed by atoms with Gasteiger partial charge in [-0.2, -0.15) is 0 Å². The molecule has 0 heterocycles. The Kier molecular flexibility index (Phi) is 5.49. The first-order valence-electron chi connectivity index (χ1n) is 6.26. The molecule has 0 aliphatic heterocycles. The molecule has 100 valence electrons. The van der Waals surface area contributed by atoms with Crippen LogP contribution in [0, 0.1) is 0 Å². The fourth-order valence-electron chi connectivity index (χ4n) is 1.72. The fraction of sp³-hybridized carbons (Fsp3) is 0.500. The van der Waals surface area contributed by atoms with Crippen molar-refractivity contribution in [1.82, 2.24) is 5.32 Å². The van der Waals surface area contributed by atoms with Gasteiger partial charge < -0.3 is 15.2 Å². The van der Waals surface area contributed by atoms with Crippen LogP contribution in [0.2, 0.25) is 0 Å². The molecule has 1 unspecified atom stereocenters. The van der Waals surface area contributed by atoms with Crippen molar-refractivity contribution in [2.45, 2.75) is 39.2 Å². The number of phenols is 1. The van der Waals surface area contributed by atoms with E-state index >= 15 is 0 Å². The second kappa shape index (κ2) is 6.89. The number of hydrogen-bond acceptors (Lipinski definition) is 3. The number of benzene rings is 1. The molecule has 0 aromatic heterocycles. The lowest BCUT2D eigenvalue weighted by molar-refractivity contribution is 0.0937. The summed E-state index contributed by atoms with van der Waals surface area (Å²) in [7, 11) is 1.47. The SMILES string of the molecule is CCCCC(C)NC(=O)c1ccc(OC)c(O)c1. The van der Waals surface area contributed by atoms with Gasteiger partial charge in [0, 0.05) is 11.6 Å². The Morgan fingerprint density at radius 2 is 2.22 bits per heavy atom. The van der Waals surface area contributed by atoms with Gasteiger partial charge in [0.25, 0.3) is 5.91 Å². The topological polar surface area (TPSA) is 58.6 Å². The van der Waals surface area contributed by atoms with Crippen molar-refractivity contribution in [2.75, 3.05) is 7.11 Å². The number of rotatable bonds is 6. The second-order valence-electron chi connectivity index (χ2n) is 4.40. The molecule has 2 N–H and O–H groups in total. The number of methoxy groups -OCH3 is 1. The highest BCUT2D eigenvalue weighted by Gasteiger charge is 2.11. The van der Waals surface area contributed by atoms with Crippen LogP contribution in [0.3, 0.4) is 0 Å². The van der Waals surface area contributed by atoms with Crippen molar-refractivity contribution in [1.29, 1.82) is 0 Å². The average Bonchev–Trinajstić information content (AvgIpc) is 2.36. The standard InChI is InChI=1S/C14H21NO3/c1-4-5-6-10(2)15-14(17)11-7-8-13(18-3)12(16)9-11/h7-10,16H,4-6H2,1-3H3,(H,15,17). The van der Waals surface area contributed by atoms with Crippen molar-refractivity contribution in [3.8, 4) is 11.5 Å². The number of amides is 1. The average molecular weight is 251 g/mol. The number of aromatic hydroxyl groups is 1. The molecular weight excluding hydrogens is 230 g/mol. The summed E-state index contributed by atoms with van der Waals surface area (Å²) in [6.45, 7) is 4.10. The van der Waals surface area contributed by atoms with E-state index in [0.717, 1.165) is 19.3 Å². The molecule has 0 spiro atoms. The van der Waals surface area contributed by atoms with Crippen LogP contribution in [-0.4, -0.2) is 24.2 Å². The number of ether oxygens (including phenoxy) is 1. The van der Waals surface area contributed by atoms with Gasteiger partial charge in [0.1, 0.15) is 0 Å². The third-order valence-corrected chi connectivity index (χ3v) is 2.81. The summed E-state index contributed by atoms with van der Waals surface area (Å²) < 4.78 is 4.93. The molecule has 1 rings (SSSR count). The van der Waals surface area contributed by atoms with Gasteiger partial charge in [0.15, 0.2) is 11.5 Å². The highest BCUT2D eigenvalue weighted by Crippen LogP contribution is 2.26. The van der Waals surface area contributed by atoms with E-state index in [0.29, 0.717) is 11.3 Å². The number of unbranched alkanes of at least 4 members (excludes halogenated alkanes) is 1. The van der Waals surface area contributed by atoms with E-state index in [-0.39, 0.29) is 17.7 Å². The van der Waals surface area contributed by atoms with E-state index in [1.807, 2.05) is 6.92 Å². The summed E-state index contributed by atoms with van der Waals surface area (Å²) in [4.78, 5) is 11.9. The van der Waals surface area contributed by atoms with Crippen LogP contribution in [0.1, 0.15) is 43.5 Å². The lowest BCUT2D eigenvalue weighted by atomic mass is 10.1. The maximum Gasteiger partial charge on any atom is 0.251 e. The first-order valence-corrected chi connectivity index (χ1v) is 6.26. The molecule has 0 radical (unpaired) electrons. The normalized spacial score (nSPS) is 11.9. The summed E-state index contributed by atoms with van der Waals surface area (Å²) in [6.07, 6.45) is 3.17. The van der Waals surface area contributed by atoms with E-state index in [2.05, 4.69) is 12.2 Å². The predicted octanol–water partition coefficient (Wildman–Crippen LogP) is 2.71. The molecule has 1 amide bonds. The molecule has 1 aromatic carbocycles. The summed E-state index contributed by atoms with van der Waals surface area (Å²) in [5, 5.41) is 12.5. The van der Waals surface area contributed by atoms with E-state index in [1.165, 1.54) is 13.2 Å². The highest BCUT2D eigenvalue weighted by molar-refractivity contribution is 5.95.